The number of nitrogens with one attached hydrogen (secondary N) is 2. The van der Waals surface area contributed by atoms with Crippen LogP contribution in [0.1, 0.15) is 62.8 Å². The molecule has 242 valence electrons. The van der Waals surface area contributed by atoms with Crippen LogP contribution in [0.25, 0.3) is 0 Å². The molecule has 2 fully saturated rings. The van der Waals surface area contributed by atoms with Crippen molar-refractivity contribution in [2.45, 2.75) is 76.4 Å². The molecule has 5 rings (SSSR count). The molecule has 3 aromatic carbocycles. The maximum atomic E-state index is 14.3. The van der Waals surface area contributed by atoms with E-state index in [4.69, 9.17) is 9.47 Å². The molecule has 2 N–H and O–H groups in total. The summed E-state index contributed by atoms with van der Waals surface area (Å²) in [5.41, 5.74) is 1.88. The van der Waals surface area contributed by atoms with Crippen molar-refractivity contribution in [3.05, 3.63) is 108 Å². The van der Waals surface area contributed by atoms with Gasteiger partial charge in [0, 0.05) is 12.6 Å². The number of amides is 4. The lowest BCUT2D eigenvalue weighted by molar-refractivity contribution is -0.143. The van der Waals surface area contributed by atoms with Gasteiger partial charge in [0.05, 0.1) is 12.6 Å². The molecule has 10 nitrogen and oxygen atoms in total. The lowest BCUT2D eigenvalue weighted by Gasteiger charge is -2.38. The maximum Gasteiger partial charge on any atom is 0.410 e. The fourth-order valence-corrected chi connectivity index (χ4v) is 6.05. The van der Waals surface area contributed by atoms with Crippen LogP contribution in [0.2, 0.25) is 0 Å². The zero-order valence-electron chi connectivity index (χ0n) is 26.6. The molecule has 0 spiro atoms. The van der Waals surface area contributed by atoms with E-state index in [0.717, 1.165) is 16.7 Å². The van der Waals surface area contributed by atoms with Crippen LogP contribution in [0.4, 0.5) is 9.59 Å². The molecule has 2 aliphatic rings. The van der Waals surface area contributed by atoms with E-state index < -0.39 is 41.8 Å². The number of carbonyl (C=O) groups excluding carboxylic acids is 4. The van der Waals surface area contributed by atoms with E-state index in [9.17, 15) is 19.2 Å². The summed E-state index contributed by atoms with van der Waals surface area (Å²) in [7, 11) is 0. The highest BCUT2D eigenvalue weighted by Crippen LogP contribution is 2.31. The zero-order valence-corrected chi connectivity index (χ0v) is 26.6. The SMILES string of the molecule is CC(C)(C)OC(=O)N[C@H]1CN(C(=O)OCc2ccccc2)CC[C@H]2CC[C@H](C(=O)NC(c3ccccc3)c3ccccc3)N2C1=O. The molecule has 0 aromatic heterocycles. The molecule has 10 heteroatoms. The van der Waals surface area contributed by atoms with Crippen molar-refractivity contribution in [2.75, 3.05) is 13.1 Å². The predicted molar refractivity (Wildman–Crippen MR) is 173 cm³/mol. The average Bonchev–Trinajstić information content (AvgIpc) is 3.47. The number of nitrogens with zero attached hydrogens (tertiary/aromatic N) is 2. The Kier molecular flexibility index (Phi) is 10.2. The van der Waals surface area contributed by atoms with Crippen LogP contribution in [-0.4, -0.2) is 70.6 Å². The molecule has 0 radical (unpaired) electrons. The number of carbonyl (C=O) groups is 4. The second-order valence-corrected chi connectivity index (χ2v) is 12.7. The Morgan fingerprint density at radius 3 is 2.02 bits per heavy atom. The second-order valence-electron chi connectivity index (χ2n) is 12.7. The molecule has 3 aromatic rings. The Labute approximate surface area is 270 Å². The summed E-state index contributed by atoms with van der Waals surface area (Å²) in [4.78, 5) is 57.5. The van der Waals surface area contributed by atoms with E-state index in [1.54, 1.807) is 25.7 Å². The van der Waals surface area contributed by atoms with Crippen LogP contribution in [0.3, 0.4) is 0 Å². The third-order valence-corrected chi connectivity index (χ3v) is 8.20. The maximum absolute atomic E-state index is 14.3. The van der Waals surface area contributed by atoms with Gasteiger partial charge in [-0.25, -0.2) is 9.59 Å². The first-order chi connectivity index (χ1) is 22.1. The van der Waals surface area contributed by atoms with Crippen molar-refractivity contribution >= 4 is 24.0 Å². The summed E-state index contributed by atoms with van der Waals surface area (Å²) in [5, 5.41) is 5.88. The average molecular weight is 627 g/mol. The number of hydrogen-bond acceptors (Lipinski definition) is 6. The molecular formula is C36H42N4O6. The van der Waals surface area contributed by atoms with Crippen molar-refractivity contribution in [1.82, 2.24) is 20.4 Å². The highest BCUT2D eigenvalue weighted by molar-refractivity contribution is 5.93. The van der Waals surface area contributed by atoms with Gasteiger partial charge in [-0.2, -0.15) is 0 Å². The fraction of sp³-hybridized carbons (Fsp3) is 0.389. The molecule has 2 saturated heterocycles. The van der Waals surface area contributed by atoms with Gasteiger partial charge in [0.1, 0.15) is 24.3 Å². The molecule has 0 aliphatic carbocycles. The van der Waals surface area contributed by atoms with Crippen molar-refractivity contribution in [1.29, 1.82) is 0 Å². The number of hydrogen-bond donors (Lipinski definition) is 2. The Balaban J connectivity index is 1.36. The molecule has 3 atom stereocenters. The normalized spacial score (nSPS) is 19.9. The second kappa shape index (κ2) is 14.5. The summed E-state index contributed by atoms with van der Waals surface area (Å²) < 4.78 is 11.0. The van der Waals surface area contributed by atoms with Crippen LogP contribution in [-0.2, 0) is 25.7 Å². The summed E-state index contributed by atoms with van der Waals surface area (Å²) >= 11 is 0. The third-order valence-electron chi connectivity index (χ3n) is 8.20. The third kappa shape index (κ3) is 8.24. The number of benzene rings is 3. The van der Waals surface area contributed by atoms with E-state index in [2.05, 4.69) is 10.6 Å². The summed E-state index contributed by atoms with van der Waals surface area (Å²) in [6.45, 7) is 5.43. The van der Waals surface area contributed by atoms with Crippen molar-refractivity contribution in [2.24, 2.45) is 0 Å². The Morgan fingerprint density at radius 2 is 1.43 bits per heavy atom. The molecule has 0 unspecified atom stereocenters. The van der Waals surface area contributed by atoms with Gasteiger partial charge in [0.25, 0.3) is 0 Å². The van der Waals surface area contributed by atoms with Crippen LogP contribution in [0.15, 0.2) is 91.0 Å². The van der Waals surface area contributed by atoms with Crippen molar-refractivity contribution in [3.63, 3.8) is 0 Å². The van der Waals surface area contributed by atoms with E-state index in [1.807, 2.05) is 91.0 Å². The van der Waals surface area contributed by atoms with Gasteiger partial charge in [-0.3, -0.25) is 9.59 Å². The van der Waals surface area contributed by atoms with E-state index in [1.165, 1.54) is 4.90 Å². The van der Waals surface area contributed by atoms with Crippen molar-refractivity contribution in [3.8, 4) is 0 Å². The van der Waals surface area contributed by atoms with Crippen molar-refractivity contribution < 1.29 is 28.7 Å². The fourth-order valence-electron chi connectivity index (χ4n) is 6.05. The zero-order chi connectivity index (χ0) is 32.7. The number of alkyl carbamates (subject to hydrolysis) is 1. The summed E-state index contributed by atoms with van der Waals surface area (Å²) in [5.74, 6) is -0.714. The topological polar surface area (TPSA) is 117 Å². The monoisotopic (exact) mass is 626 g/mol. The highest BCUT2D eigenvalue weighted by atomic mass is 16.6. The van der Waals surface area contributed by atoms with Gasteiger partial charge < -0.3 is 29.9 Å². The number of fused-ring (bicyclic) bond motifs is 1. The molecular weight excluding hydrogens is 584 g/mol. The standard InChI is InChI=1S/C36H42N4O6/c1-36(2,3)46-34(43)37-29-23-39(35(44)45-24-25-13-7-4-8-14-25)22-21-28-19-20-30(40(28)33(29)42)32(41)38-31(26-15-9-5-10-16-26)27-17-11-6-12-18-27/h4-18,28-31H,19-24H2,1-3H3,(H,37,43)(H,38,41)/t28-,29+,30-/m1/s1. The first kappa shape index (κ1) is 32.5. The molecule has 46 heavy (non-hydrogen) atoms. The van der Waals surface area contributed by atoms with E-state index >= 15 is 0 Å². The molecule has 2 aliphatic heterocycles. The molecule has 0 bridgehead atoms. The first-order valence-electron chi connectivity index (χ1n) is 15.8. The minimum absolute atomic E-state index is 0.0794. The minimum atomic E-state index is -1.14. The van der Waals surface area contributed by atoms with Gasteiger partial charge in [-0.05, 0) is 56.7 Å². The molecule has 0 saturated carbocycles. The Hall–Kier alpha value is -4.86. The predicted octanol–water partition coefficient (Wildman–Crippen LogP) is 5.19. The number of rotatable bonds is 7. The van der Waals surface area contributed by atoms with Gasteiger partial charge in [-0.1, -0.05) is 91.0 Å². The minimum Gasteiger partial charge on any atom is -0.445 e. The lowest BCUT2D eigenvalue weighted by Crippen LogP contribution is -2.61. The highest BCUT2D eigenvalue weighted by Gasteiger charge is 2.46. The smallest absolute Gasteiger partial charge is 0.410 e. The lowest BCUT2D eigenvalue weighted by atomic mass is 9.98. The summed E-state index contributed by atoms with van der Waals surface area (Å²) in [6.07, 6.45) is 0.138. The van der Waals surface area contributed by atoms with Gasteiger partial charge in [-0.15, -0.1) is 0 Å². The number of ether oxygens (including phenoxy) is 2. The quantitative estimate of drug-likeness (QED) is 0.373. The van der Waals surface area contributed by atoms with Gasteiger partial charge >= 0.3 is 12.2 Å². The molecule has 4 amide bonds. The Bertz CT molecular complexity index is 1460. The van der Waals surface area contributed by atoms with Crippen LogP contribution < -0.4 is 10.6 Å². The van der Waals surface area contributed by atoms with Gasteiger partial charge in [0.2, 0.25) is 11.8 Å². The van der Waals surface area contributed by atoms with Crippen LogP contribution in [0.5, 0.6) is 0 Å². The molecule has 2 heterocycles. The van der Waals surface area contributed by atoms with Crippen LogP contribution in [0, 0.1) is 0 Å². The van der Waals surface area contributed by atoms with E-state index in [-0.39, 0.29) is 25.1 Å². The van der Waals surface area contributed by atoms with Crippen LogP contribution >= 0.6 is 0 Å². The van der Waals surface area contributed by atoms with Gasteiger partial charge in [0.15, 0.2) is 0 Å². The summed E-state index contributed by atoms with van der Waals surface area (Å²) in [6, 6.07) is 26.1. The van der Waals surface area contributed by atoms with E-state index in [0.29, 0.717) is 25.8 Å². The largest absolute Gasteiger partial charge is 0.445 e. The first-order valence-corrected chi connectivity index (χ1v) is 15.8. The Morgan fingerprint density at radius 1 is 0.848 bits per heavy atom.